The molecule has 0 saturated carbocycles. The van der Waals surface area contributed by atoms with Gasteiger partial charge in [-0.05, 0) is 87.2 Å². The number of aliphatic imine (C=N–C) groups is 1. The van der Waals surface area contributed by atoms with Crippen LogP contribution in [0.3, 0.4) is 0 Å². The van der Waals surface area contributed by atoms with Crippen LogP contribution in [0.25, 0.3) is 15.9 Å². The molecule has 0 fully saturated rings. The zero-order valence-electron chi connectivity index (χ0n) is 33.7. The fraction of sp³-hybridized carbons (Fsp3) is 0.318. The molecule has 1 atom stereocenters. The summed E-state index contributed by atoms with van der Waals surface area (Å²) in [7, 11) is -3.73. The molecule has 13 nitrogen and oxygen atoms in total. The number of rotatable bonds is 17. The molecule has 60 heavy (non-hydrogen) atoms. The number of aromatic nitrogens is 4. The molecule has 0 radical (unpaired) electrons. The van der Waals surface area contributed by atoms with Gasteiger partial charge in [-0.3, -0.25) is 19.1 Å². The van der Waals surface area contributed by atoms with Crippen molar-refractivity contribution in [2.75, 3.05) is 33.0 Å². The Kier molecular flexibility index (Phi) is 13.1. The Bertz CT molecular complexity index is 2750. The number of hydrogen-bond donors (Lipinski definition) is 2. The number of nitriles is 1. The highest BCUT2D eigenvalue weighted by Crippen LogP contribution is 2.40. The highest BCUT2D eigenvalue weighted by Gasteiger charge is 2.32. The molecule has 4 heterocycles. The number of hydrogen-bond acceptors (Lipinski definition) is 11. The zero-order chi connectivity index (χ0) is 42.6. The van der Waals surface area contributed by atoms with E-state index in [9.17, 15) is 23.3 Å². The normalized spacial score (nSPS) is 13.7. The van der Waals surface area contributed by atoms with E-state index in [0.717, 1.165) is 38.8 Å². The van der Waals surface area contributed by atoms with Gasteiger partial charge in [0.05, 0.1) is 47.3 Å². The summed E-state index contributed by atoms with van der Waals surface area (Å²) in [6.07, 6.45) is 2.62. The van der Waals surface area contributed by atoms with Crippen LogP contribution in [0.2, 0.25) is 5.02 Å². The maximum atomic E-state index is 13.3. The maximum absolute atomic E-state index is 13.3. The largest absolute Gasteiger partial charge is 0.379 e. The SMILES string of the molecule is Cc1sc2c(c1C)C(c1ccc(Cl)cc1)=N[C@@H](CC(=O)CCCOCCOCCNC(=O)c1ccc(S(=O)(=O)Cc3ccc(C)c4c(C#N)c[nH]c34)cc1)c1nnc(C)n1-2. The van der Waals surface area contributed by atoms with E-state index < -0.39 is 15.9 Å². The molecule has 0 unspecified atom stereocenters. The van der Waals surface area contributed by atoms with Crippen molar-refractivity contribution >= 4 is 61.1 Å². The smallest absolute Gasteiger partial charge is 0.251 e. The van der Waals surface area contributed by atoms with E-state index in [1.54, 1.807) is 23.6 Å². The van der Waals surface area contributed by atoms with Crippen LogP contribution in [0.5, 0.6) is 0 Å². The zero-order valence-corrected chi connectivity index (χ0v) is 36.1. The van der Waals surface area contributed by atoms with Crippen molar-refractivity contribution in [3.8, 4) is 11.1 Å². The van der Waals surface area contributed by atoms with Crippen molar-refractivity contribution < 1.29 is 27.5 Å². The Labute approximate surface area is 357 Å². The second-order valence-electron chi connectivity index (χ2n) is 14.6. The van der Waals surface area contributed by atoms with Crippen LogP contribution >= 0.6 is 22.9 Å². The summed E-state index contributed by atoms with van der Waals surface area (Å²) in [4.78, 5) is 35.5. The van der Waals surface area contributed by atoms with Gasteiger partial charge in [-0.25, -0.2) is 8.42 Å². The van der Waals surface area contributed by atoms with E-state index in [4.69, 9.17) is 26.1 Å². The number of aryl methyl sites for hydroxylation is 3. The fourth-order valence-corrected chi connectivity index (χ4v) is 9.98. The van der Waals surface area contributed by atoms with Gasteiger partial charge in [0, 0.05) is 64.2 Å². The Balaban J connectivity index is 0.827. The molecule has 3 aromatic heterocycles. The first-order chi connectivity index (χ1) is 28.9. The minimum Gasteiger partial charge on any atom is -0.379 e. The summed E-state index contributed by atoms with van der Waals surface area (Å²) in [5.41, 5.74) is 6.72. The fourth-order valence-electron chi connectivity index (χ4n) is 7.27. The highest BCUT2D eigenvalue weighted by atomic mass is 35.5. The van der Waals surface area contributed by atoms with Crippen molar-refractivity contribution in [2.24, 2.45) is 4.99 Å². The summed E-state index contributed by atoms with van der Waals surface area (Å²) < 4.78 is 39.9. The average Bonchev–Trinajstić information content (AvgIpc) is 3.91. The van der Waals surface area contributed by atoms with Crippen molar-refractivity contribution in [1.82, 2.24) is 25.1 Å². The molecule has 310 valence electrons. The number of nitrogens with zero attached hydrogens (tertiary/aromatic N) is 5. The van der Waals surface area contributed by atoms with Gasteiger partial charge in [-0.15, -0.1) is 21.5 Å². The van der Waals surface area contributed by atoms with Crippen LogP contribution in [0.1, 0.15) is 85.6 Å². The lowest BCUT2D eigenvalue weighted by molar-refractivity contribution is -0.119. The Morgan fingerprint density at radius 2 is 1.70 bits per heavy atom. The maximum Gasteiger partial charge on any atom is 0.251 e. The molecule has 1 aliphatic heterocycles. The van der Waals surface area contributed by atoms with E-state index in [0.29, 0.717) is 71.1 Å². The number of carbonyl (C=O) groups excluding carboxylic acids is 2. The second kappa shape index (κ2) is 18.4. The van der Waals surface area contributed by atoms with Crippen molar-refractivity contribution in [3.05, 3.63) is 127 Å². The number of fused-ring (bicyclic) bond motifs is 4. The highest BCUT2D eigenvalue weighted by molar-refractivity contribution is 7.90. The first-order valence-corrected chi connectivity index (χ1v) is 22.3. The number of thiophene rings is 1. The number of amides is 1. The lowest BCUT2D eigenvalue weighted by Crippen LogP contribution is -2.27. The number of H-pyrrole nitrogens is 1. The Morgan fingerprint density at radius 3 is 2.43 bits per heavy atom. The Hall–Kier alpha value is -5.50. The van der Waals surface area contributed by atoms with E-state index in [2.05, 4.69) is 40.4 Å². The van der Waals surface area contributed by atoms with Gasteiger partial charge in [-0.1, -0.05) is 35.9 Å². The number of carbonyl (C=O) groups is 2. The number of ketones is 1. The van der Waals surface area contributed by atoms with E-state index in [-0.39, 0.29) is 41.9 Å². The van der Waals surface area contributed by atoms with Crippen LogP contribution in [0.15, 0.2) is 76.7 Å². The quantitative estimate of drug-likeness (QED) is 0.0871. The summed E-state index contributed by atoms with van der Waals surface area (Å²) in [5, 5.41) is 23.4. The van der Waals surface area contributed by atoms with E-state index >= 15 is 0 Å². The van der Waals surface area contributed by atoms with Crippen LogP contribution in [-0.4, -0.2) is 78.5 Å². The van der Waals surface area contributed by atoms with Gasteiger partial charge in [0.25, 0.3) is 5.91 Å². The molecule has 16 heteroatoms. The molecule has 3 aromatic carbocycles. The van der Waals surface area contributed by atoms with Crippen LogP contribution < -0.4 is 5.32 Å². The lowest BCUT2D eigenvalue weighted by atomic mass is 9.99. The number of sulfone groups is 1. The molecule has 0 bridgehead atoms. The molecule has 2 N–H and O–H groups in total. The number of nitrogens with one attached hydrogen (secondary N) is 2. The topological polar surface area (TPSA) is 181 Å². The number of Topliss-reactive ketones (excluding diaryl/α,β-unsaturated/α-hetero) is 1. The Morgan fingerprint density at radius 1 is 0.967 bits per heavy atom. The summed E-state index contributed by atoms with van der Waals surface area (Å²) in [5.74, 6) is 0.818. The molecule has 1 aliphatic rings. The van der Waals surface area contributed by atoms with Gasteiger partial charge >= 0.3 is 0 Å². The van der Waals surface area contributed by atoms with Gasteiger partial charge in [0.1, 0.15) is 28.7 Å². The molecule has 6 aromatic rings. The standard InChI is InChI=1S/C44H44ClN7O6S2/c1-26-7-8-32(40-38(26)33(23-46)24-48-40)25-60(55,56)36-15-11-31(12-16-36)43(54)47-17-19-58-21-20-57-18-5-6-35(53)22-37-42-51-50-29(4)52(42)44-39(27(2)28(3)59-44)41(49-37)30-9-13-34(45)14-10-30/h7-16,24,37,48H,5-6,17-22,25H2,1-4H3,(H,47,54)/t37-/m0/s1. The summed E-state index contributed by atoms with van der Waals surface area (Å²) in [6, 6.07) is 18.6. The van der Waals surface area contributed by atoms with Gasteiger partial charge in [-0.2, -0.15) is 5.26 Å². The van der Waals surface area contributed by atoms with Crippen LogP contribution in [-0.2, 0) is 29.9 Å². The number of halogens is 1. The van der Waals surface area contributed by atoms with E-state index in [1.807, 2.05) is 48.7 Å². The van der Waals surface area contributed by atoms with Crippen molar-refractivity contribution in [2.45, 2.75) is 63.6 Å². The third-order valence-corrected chi connectivity index (χ3v) is 13.6. The third kappa shape index (κ3) is 9.13. The first kappa shape index (κ1) is 42.6. The average molecular weight is 866 g/mol. The van der Waals surface area contributed by atoms with Gasteiger partial charge < -0.3 is 19.8 Å². The van der Waals surface area contributed by atoms with Gasteiger partial charge in [0.2, 0.25) is 0 Å². The summed E-state index contributed by atoms with van der Waals surface area (Å²) >= 11 is 7.89. The monoisotopic (exact) mass is 865 g/mol. The molecule has 0 saturated heterocycles. The summed E-state index contributed by atoms with van der Waals surface area (Å²) in [6.45, 7) is 9.50. The van der Waals surface area contributed by atoms with Gasteiger partial charge in [0.15, 0.2) is 15.7 Å². The van der Waals surface area contributed by atoms with Crippen molar-refractivity contribution in [3.63, 3.8) is 0 Å². The lowest BCUT2D eigenvalue weighted by Gasteiger charge is -2.12. The van der Waals surface area contributed by atoms with Crippen LogP contribution in [0.4, 0.5) is 0 Å². The third-order valence-electron chi connectivity index (χ3n) is 10.5. The molecule has 7 rings (SSSR count). The van der Waals surface area contributed by atoms with E-state index in [1.165, 1.54) is 29.1 Å². The number of benzene rings is 3. The minimum absolute atomic E-state index is 0.0489. The molecule has 0 spiro atoms. The second-order valence-corrected chi connectivity index (χ2v) is 18.3. The van der Waals surface area contributed by atoms with Crippen molar-refractivity contribution in [1.29, 1.82) is 5.26 Å². The van der Waals surface area contributed by atoms with Crippen LogP contribution in [0, 0.1) is 39.0 Å². The molecular weight excluding hydrogens is 822 g/mol. The predicted octanol–water partition coefficient (Wildman–Crippen LogP) is 7.64. The minimum atomic E-state index is -3.73. The molecule has 0 aliphatic carbocycles. The first-order valence-electron chi connectivity index (χ1n) is 19.5. The number of ether oxygens (including phenoxy) is 2. The number of aromatic amines is 1. The predicted molar refractivity (Wildman–Crippen MR) is 231 cm³/mol. The molecule has 1 amide bonds. The molecular formula is C44H44ClN7O6S2.